The second kappa shape index (κ2) is 19.3. The van der Waals surface area contributed by atoms with E-state index in [4.69, 9.17) is 34.5 Å². The van der Waals surface area contributed by atoms with E-state index in [1.165, 1.54) is 19.4 Å². The molecule has 49 heavy (non-hydrogen) atoms. The minimum atomic E-state index is -1.47. The highest BCUT2D eigenvalue weighted by molar-refractivity contribution is 5.89. The Bertz CT molecular complexity index is 1180. The van der Waals surface area contributed by atoms with Gasteiger partial charge in [-0.05, 0) is 20.3 Å². The van der Waals surface area contributed by atoms with Crippen molar-refractivity contribution in [1.82, 2.24) is 5.32 Å². The standard InChI is InChI=1S/C32H52N4O13/c1-5-19-20(8-7-18-13-36(10-12-38)14-21(28(42)43)24(18)35-32(33)34-9-6-11-37)22(29(44)45-4)16-46-30(19)49-31-27(47-17(2)3)26(41)25(40)23(15-39)48-31/h5,7-8,16-21,23-27,30-31,37-41H,1,6,9-15H2,2-4H3,(H,42,43)(H3,33,34,35)/t18?,19-,20+,21?,23-,24?,25-,26+,27+,30-,31+/m1/s1. The van der Waals surface area contributed by atoms with E-state index in [-0.39, 0.29) is 44.4 Å². The van der Waals surface area contributed by atoms with Gasteiger partial charge in [-0.1, -0.05) is 18.2 Å². The SMILES string of the molecule is C=C[C@H]1[C@@H](O[C@@H]2O[C@H](CO)[C@@H](O)[C@H](O)[C@@H]2OC(C)C)OC=C(C(=O)OC)[C@H]1C=CC1C[NH+](CCO)CC(C(=O)[O-])C1NC(N)=NCCCO. The first-order valence-corrected chi connectivity index (χ1v) is 16.4. The van der Waals surface area contributed by atoms with Crippen molar-refractivity contribution in [3.63, 3.8) is 0 Å². The first kappa shape index (κ1) is 40.3. The molecule has 0 aliphatic carbocycles. The van der Waals surface area contributed by atoms with Crippen molar-refractivity contribution in [2.24, 2.45) is 34.4 Å². The molecule has 0 aromatic rings. The van der Waals surface area contributed by atoms with Crippen molar-refractivity contribution in [1.29, 1.82) is 0 Å². The zero-order chi connectivity index (χ0) is 36.2. The van der Waals surface area contributed by atoms with E-state index in [0.29, 0.717) is 13.0 Å². The molecule has 0 aromatic carbocycles. The van der Waals surface area contributed by atoms with E-state index in [9.17, 15) is 35.1 Å². The molecule has 278 valence electrons. The lowest BCUT2D eigenvalue weighted by molar-refractivity contribution is -0.911. The van der Waals surface area contributed by atoms with E-state index in [1.807, 2.05) is 0 Å². The lowest BCUT2D eigenvalue weighted by Crippen LogP contribution is -3.16. The zero-order valence-electron chi connectivity index (χ0n) is 28.1. The van der Waals surface area contributed by atoms with Crippen molar-refractivity contribution in [2.45, 2.75) is 69.4 Å². The molecule has 3 rings (SSSR count). The Kier molecular flexibility index (Phi) is 15.9. The van der Waals surface area contributed by atoms with Crippen LogP contribution in [-0.2, 0) is 33.3 Å². The van der Waals surface area contributed by atoms with Gasteiger partial charge < -0.3 is 75.1 Å². The number of carbonyl (C=O) groups is 2. The number of allylic oxidation sites excluding steroid dienone is 1. The molecule has 4 unspecified atom stereocenters. The number of aliphatic carboxylic acids is 1. The summed E-state index contributed by atoms with van der Waals surface area (Å²) in [6.45, 7) is 7.54. The van der Waals surface area contributed by atoms with Crippen molar-refractivity contribution in [3.05, 3.63) is 36.6 Å². The van der Waals surface area contributed by atoms with Gasteiger partial charge in [0, 0.05) is 25.0 Å². The maximum atomic E-state index is 12.9. The maximum absolute atomic E-state index is 12.9. The molecule has 0 saturated carbocycles. The van der Waals surface area contributed by atoms with Crippen LogP contribution in [0, 0.1) is 23.7 Å². The van der Waals surface area contributed by atoms with Crippen LogP contribution in [0.25, 0.3) is 0 Å². The van der Waals surface area contributed by atoms with Crippen LogP contribution in [0.15, 0.2) is 41.6 Å². The number of aliphatic imine (C=N–C) groups is 1. The molecule has 12 atom stereocenters. The quantitative estimate of drug-likeness (QED) is 0.0247. The number of quaternary nitrogens is 1. The number of nitrogens with two attached hydrogens (primary N) is 1. The number of piperidine rings is 1. The highest BCUT2D eigenvalue weighted by Crippen LogP contribution is 2.37. The average Bonchev–Trinajstić information content (AvgIpc) is 3.07. The monoisotopic (exact) mass is 700 g/mol. The fourth-order valence-corrected chi connectivity index (χ4v) is 6.37. The summed E-state index contributed by atoms with van der Waals surface area (Å²) < 4.78 is 28.6. The molecule has 0 radical (unpaired) electrons. The van der Waals surface area contributed by atoms with Gasteiger partial charge in [0.2, 0.25) is 6.29 Å². The minimum absolute atomic E-state index is 0.00788. The maximum Gasteiger partial charge on any atom is 0.337 e. The van der Waals surface area contributed by atoms with Crippen LogP contribution < -0.4 is 21.1 Å². The predicted molar refractivity (Wildman–Crippen MR) is 170 cm³/mol. The van der Waals surface area contributed by atoms with Crippen LogP contribution >= 0.6 is 0 Å². The Morgan fingerprint density at radius 2 is 1.92 bits per heavy atom. The number of carboxylic acid groups (broad SMARTS) is 1. The second-order valence-corrected chi connectivity index (χ2v) is 12.5. The van der Waals surface area contributed by atoms with Crippen LogP contribution in [0.4, 0.5) is 0 Å². The Morgan fingerprint density at radius 1 is 1.18 bits per heavy atom. The Balaban J connectivity index is 1.99. The van der Waals surface area contributed by atoms with Gasteiger partial charge in [0.1, 0.15) is 31.0 Å². The van der Waals surface area contributed by atoms with Gasteiger partial charge >= 0.3 is 5.97 Å². The summed E-state index contributed by atoms with van der Waals surface area (Å²) in [5.74, 6) is -5.15. The molecular weight excluding hydrogens is 648 g/mol. The zero-order valence-corrected chi connectivity index (χ0v) is 28.1. The van der Waals surface area contributed by atoms with Gasteiger partial charge in [0.05, 0.1) is 75.2 Å². The average molecular weight is 701 g/mol. The first-order chi connectivity index (χ1) is 23.4. The highest BCUT2D eigenvalue weighted by Gasteiger charge is 2.49. The number of guanidine groups is 1. The highest BCUT2D eigenvalue weighted by atomic mass is 16.8. The van der Waals surface area contributed by atoms with Crippen molar-refractivity contribution < 1.29 is 68.8 Å². The van der Waals surface area contributed by atoms with Crippen molar-refractivity contribution in [2.75, 3.05) is 53.1 Å². The van der Waals surface area contributed by atoms with Gasteiger partial charge in [0.25, 0.3) is 0 Å². The molecule has 0 aromatic heterocycles. The summed E-state index contributed by atoms with van der Waals surface area (Å²) in [7, 11) is 1.21. The third-order valence-electron chi connectivity index (χ3n) is 8.81. The number of nitrogens with one attached hydrogen (secondary N) is 2. The Hall–Kier alpha value is -3.13. The molecule has 3 aliphatic heterocycles. The van der Waals surface area contributed by atoms with Gasteiger partial charge in [-0.15, -0.1) is 6.58 Å². The topological polar surface area (TPSA) is 259 Å². The second-order valence-electron chi connectivity index (χ2n) is 12.5. The lowest BCUT2D eigenvalue weighted by Gasteiger charge is -2.44. The van der Waals surface area contributed by atoms with Gasteiger partial charge in [-0.3, -0.25) is 4.99 Å². The molecule has 2 saturated heterocycles. The van der Waals surface area contributed by atoms with Crippen LogP contribution in [0.3, 0.4) is 0 Å². The summed E-state index contributed by atoms with van der Waals surface area (Å²) in [5.41, 5.74) is 6.20. The van der Waals surface area contributed by atoms with Crippen LogP contribution in [-0.4, -0.2) is 146 Å². The predicted octanol–water partition coefficient (Wildman–Crippen LogP) is -4.85. The number of likely N-dealkylation sites (tertiary alicyclic amines) is 1. The molecule has 3 aliphatic rings. The van der Waals surface area contributed by atoms with Crippen molar-refractivity contribution in [3.8, 4) is 0 Å². The molecule has 0 bridgehead atoms. The van der Waals surface area contributed by atoms with E-state index in [0.717, 1.165) is 4.90 Å². The van der Waals surface area contributed by atoms with E-state index < -0.39 is 91.4 Å². The van der Waals surface area contributed by atoms with Crippen LogP contribution in [0.5, 0.6) is 0 Å². The number of ether oxygens (including phenoxy) is 5. The number of nitrogens with zero attached hydrogens (tertiary/aromatic N) is 1. The van der Waals surface area contributed by atoms with Gasteiger partial charge in [0.15, 0.2) is 12.2 Å². The van der Waals surface area contributed by atoms with Crippen LogP contribution in [0.1, 0.15) is 20.3 Å². The number of carboxylic acids is 1. The lowest BCUT2D eigenvalue weighted by atomic mass is 9.79. The molecule has 0 spiro atoms. The summed E-state index contributed by atoms with van der Waals surface area (Å²) in [4.78, 5) is 30.3. The minimum Gasteiger partial charge on any atom is -0.550 e. The number of aliphatic hydroxyl groups excluding tert-OH is 5. The Labute approximate surface area is 285 Å². The third-order valence-corrected chi connectivity index (χ3v) is 8.81. The van der Waals surface area contributed by atoms with E-state index in [2.05, 4.69) is 16.9 Å². The smallest absolute Gasteiger partial charge is 0.337 e. The first-order valence-electron chi connectivity index (χ1n) is 16.4. The molecule has 17 heteroatoms. The largest absolute Gasteiger partial charge is 0.550 e. The number of rotatable bonds is 16. The van der Waals surface area contributed by atoms with E-state index >= 15 is 0 Å². The number of aliphatic hydroxyl groups is 5. The molecule has 2 fully saturated rings. The van der Waals surface area contributed by atoms with Gasteiger partial charge in [-0.2, -0.15) is 0 Å². The Morgan fingerprint density at radius 3 is 2.51 bits per heavy atom. The summed E-state index contributed by atoms with van der Waals surface area (Å²) in [6, 6.07) is -0.783. The summed E-state index contributed by atoms with van der Waals surface area (Å²) >= 11 is 0. The van der Waals surface area contributed by atoms with Crippen molar-refractivity contribution >= 4 is 17.9 Å². The molecule has 3 heterocycles. The fourth-order valence-electron chi connectivity index (χ4n) is 6.37. The number of hydrogen-bond acceptors (Lipinski definition) is 14. The molecule has 0 amide bonds. The number of esters is 1. The number of hydrogen-bond donors (Lipinski definition) is 8. The fraction of sp³-hybridized carbons (Fsp3) is 0.719. The summed E-state index contributed by atoms with van der Waals surface area (Å²) in [6.07, 6.45) is -1.71. The van der Waals surface area contributed by atoms with E-state index in [1.54, 1.807) is 26.0 Å². The number of carbonyl (C=O) groups excluding carboxylic acids is 2. The van der Waals surface area contributed by atoms with Crippen LogP contribution in [0.2, 0.25) is 0 Å². The summed E-state index contributed by atoms with van der Waals surface area (Å²) in [5, 5.41) is 65.1. The third kappa shape index (κ3) is 10.4. The molecule has 17 nitrogen and oxygen atoms in total. The van der Waals surface area contributed by atoms with Gasteiger partial charge in [-0.25, -0.2) is 4.79 Å². The molecular formula is C32H52N4O13. The number of methoxy groups -OCH3 is 1. The normalized spacial score (nSPS) is 35.4. The molecule has 9 N–H and O–H groups in total.